The quantitative estimate of drug-likeness (QED) is 0.0898. The van der Waals surface area contributed by atoms with Gasteiger partial charge >= 0.3 is 30.6 Å². The van der Waals surface area contributed by atoms with Crippen LogP contribution in [0.3, 0.4) is 0 Å². The van der Waals surface area contributed by atoms with Gasteiger partial charge in [0.2, 0.25) is 5.28 Å². The number of ether oxygens (including phenoxy) is 7. The largest absolute Gasteiger partial charge is 0.586 e. The fourth-order valence-corrected chi connectivity index (χ4v) is 6.87. The van der Waals surface area contributed by atoms with Gasteiger partial charge in [0.15, 0.2) is 28.8 Å². The molecular weight excluding hydrogens is 1150 g/mol. The maximum Gasteiger partial charge on any atom is 0.586 e. The minimum Gasteiger partial charge on any atom is -0.477 e. The number of nitrogens with zero attached hydrogens (tertiary/aromatic N) is 12. The SMILES string of the molecule is CCn1nccc1C(=O)Nc1cnc(-c2cc3c(cc2Cl)OC(F)(F)O3)cn1.CCn1nccc1C(=O)O.CN1CCOCC1.COc1nc(Cl)nc(OC)n1.ClCCl.Nc1cnc(-c2cc3c(cc2Cl)OC(F)(F)O3)cn1. The molecular formula is C45H45Cl5F4N14O10. The Balaban J connectivity index is 0.000000193. The van der Waals surface area contributed by atoms with E-state index in [2.05, 4.69) is 81.3 Å². The van der Waals surface area contributed by atoms with Gasteiger partial charge in [-0.05, 0) is 56.8 Å². The minimum atomic E-state index is -3.74. The van der Waals surface area contributed by atoms with Crippen LogP contribution in [0, 0.1) is 0 Å². The van der Waals surface area contributed by atoms with Crippen molar-refractivity contribution in [2.75, 3.05) is 64.0 Å². The number of morpholine rings is 1. The summed E-state index contributed by atoms with van der Waals surface area (Å²) in [6.07, 6.45) is 0.989. The lowest BCUT2D eigenvalue weighted by molar-refractivity contribution is -0.287. The Labute approximate surface area is 465 Å². The van der Waals surface area contributed by atoms with Gasteiger partial charge in [0.1, 0.15) is 17.2 Å². The van der Waals surface area contributed by atoms with Crippen LogP contribution in [0.2, 0.25) is 15.3 Å². The monoisotopic (exact) mass is 1190 g/mol. The molecule has 10 rings (SSSR count). The van der Waals surface area contributed by atoms with Crippen molar-refractivity contribution in [2.45, 2.75) is 39.5 Å². The molecule has 1 amide bonds. The molecule has 0 unspecified atom stereocenters. The van der Waals surface area contributed by atoms with Crippen LogP contribution in [0.25, 0.3) is 22.5 Å². The summed E-state index contributed by atoms with van der Waals surface area (Å²) in [6.45, 7) is 8.87. The van der Waals surface area contributed by atoms with E-state index in [-0.39, 0.29) is 78.9 Å². The highest BCUT2D eigenvalue weighted by molar-refractivity contribution is 6.40. The fourth-order valence-electron chi connectivity index (χ4n) is 6.22. The van der Waals surface area contributed by atoms with Gasteiger partial charge in [-0.1, -0.05) is 23.2 Å². The third-order valence-electron chi connectivity index (χ3n) is 9.75. The zero-order valence-electron chi connectivity index (χ0n) is 41.3. The molecule has 4 N–H and O–H groups in total. The highest BCUT2D eigenvalue weighted by atomic mass is 35.5. The molecule has 78 heavy (non-hydrogen) atoms. The van der Waals surface area contributed by atoms with E-state index in [9.17, 15) is 27.2 Å². The lowest BCUT2D eigenvalue weighted by Gasteiger charge is -2.21. The number of fused-ring (bicyclic) bond motifs is 2. The molecule has 0 aliphatic carbocycles. The number of rotatable bonds is 9. The minimum absolute atomic E-state index is 0.0497. The number of benzene rings is 2. The predicted octanol–water partition coefficient (Wildman–Crippen LogP) is 8.80. The lowest BCUT2D eigenvalue weighted by atomic mass is 10.1. The maximum atomic E-state index is 13.2. The van der Waals surface area contributed by atoms with Gasteiger partial charge in [-0.2, -0.15) is 20.2 Å². The van der Waals surface area contributed by atoms with Crippen LogP contribution in [0.15, 0.2) is 73.6 Å². The number of nitrogens with two attached hydrogens (primary N) is 1. The number of alkyl halides is 6. The molecule has 3 aliphatic rings. The van der Waals surface area contributed by atoms with Gasteiger partial charge in [-0.15, -0.1) is 45.7 Å². The third-order valence-corrected chi connectivity index (χ3v) is 10.5. The van der Waals surface area contributed by atoms with Crippen LogP contribution in [0.5, 0.6) is 35.0 Å². The number of aromatic nitrogens is 11. The number of aromatic carboxylic acids is 1. The Kier molecular flexibility index (Phi) is 22.8. The summed E-state index contributed by atoms with van der Waals surface area (Å²) in [6, 6.07) is 8.42. The molecule has 0 bridgehead atoms. The summed E-state index contributed by atoms with van der Waals surface area (Å²) < 4.78 is 87.1. The number of carbonyl (C=O) groups excluding carboxylic acids is 1. The van der Waals surface area contributed by atoms with E-state index >= 15 is 0 Å². The van der Waals surface area contributed by atoms with Crippen LogP contribution in [0.4, 0.5) is 29.2 Å². The number of nitrogens with one attached hydrogen (secondary N) is 1. The summed E-state index contributed by atoms with van der Waals surface area (Å²) >= 11 is 27.1. The van der Waals surface area contributed by atoms with Crippen molar-refractivity contribution < 1.29 is 65.4 Å². The van der Waals surface area contributed by atoms with Crippen molar-refractivity contribution in [1.29, 1.82) is 0 Å². The molecule has 3 aliphatic heterocycles. The summed E-state index contributed by atoms with van der Waals surface area (Å²) in [5, 5.41) is 19.5. The van der Waals surface area contributed by atoms with E-state index in [1.807, 2.05) is 13.8 Å². The van der Waals surface area contributed by atoms with Crippen molar-refractivity contribution >= 4 is 81.5 Å². The van der Waals surface area contributed by atoms with Crippen molar-refractivity contribution in [3.8, 4) is 57.5 Å². The van der Waals surface area contributed by atoms with E-state index in [1.54, 1.807) is 10.7 Å². The van der Waals surface area contributed by atoms with Gasteiger partial charge in [-0.3, -0.25) is 24.1 Å². The van der Waals surface area contributed by atoms with Gasteiger partial charge in [0.05, 0.1) is 79.0 Å². The molecule has 0 spiro atoms. The number of aryl methyl sites for hydroxylation is 2. The van der Waals surface area contributed by atoms with Crippen molar-refractivity contribution in [3.05, 3.63) is 100 Å². The number of carboxylic acid groups (broad SMARTS) is 1. The number of carboxylic acids is 1. The van der Waals surface area contributed by atoms with E-state index in [0.29, 0.717) is 41.3 Å². The molecule has 5 aromatic heterocycles. The molecule has 1 fully saturated rings. The summed E-state index contributed by atoms with van der Waals surface area (Å²) in [7, 11) is 4.98. The maximum absolute atomic E-state index is 13.2. The smallest absolute Gasteiger partial charge is 0.477 e. The molecule has 2 aromatic carbocycles. The Bertz CT molecular complexity index is 3070. The highest BCUT2D eigenvalue weighted by Gasteiger charge is 2.45. The number of hydrogen-bond donors (Lipinski definition) is 3. The second-order valence-corrected chi connectivity index (χ2v) is 16.9. The highest BCUT2D eigenvalue weighted by Crippen LogP contribution is 2.47. The zero-order chi connectivity index (χ0) is 57.2. The van der Waals surface area contributed by atoms with E-state index in [1.165, 1.54) is 86.4 Å². The fraction of sp³-hybridized carbons (Fsp3) is 0.311. The molecule has 8 heterocycles. The van der Waals surface area contributed by atoms with Crippen molar-refractivity contribution in [1.82, 2.24) is 59.3 Å². The molecule has 24 nitrogen and oxygen atoms in total. The summed E-state index contributed by atoms with van der Waals surface area (Å²) in [4.78, 5) is 52.1. The van der Waals surface area contributed by atoms with Crippen LogP contribution in [-0.4, -0.2) is 142 Å². The molecule has 33 heteroatoms. The molecule has 0 atom stereocenters. The second kappa shape index (κ2) is 28.9. The van der Waals surface area contributed by atoms with Gasteiger partial charge < -0.3 is 54.2 Å². The number of carbonyl (C=O) groups is 2. The predicted molar refractivity (Wildman–Crippen MR) is 275 cm³/mol. The number of nitrogen functional groups attached to an aromatic ring is 1. The average Bonchev–Trinajstić information content (AvgIpc) is 4.22. The van der Waals surface area contributed by atoms with Gasteiger partial charge in [-0.25, -0.2) is 14.8 Å². The molecule has 418 valence electrons. The van der Waals surface area contributed by atoms with E-state index in [0.717, 1.165) is 26.3 Å². The molecule has 1 saturated heterocycles. The van der Waals surface area contributed by atoms with E-state index < -0.39 is 18.6 Å². The molecule has 0 radical (unpaired) electrons. The number of methoxy groups -OCH3 is 2. The number of hydrogen-bond acceptors (Lipinski definition) is 20. The first-order valence-corrected chi connectivity index (χ1v) is 24.4. The first-order valence-electron chi connectivity index (χ1n) is 22.2. The Morgan fingerprint density at radius 2 is 1.15 bits per heavy atom. The zero-order valence-corrected chi connectivity index (χ0v) is 45.1. The second-order valence-electron chi connectivity index (χ2n) is 14.9. The van der Waals surface area contributed by atoms with Crippen LogP contribution >= 0.6 is 58.0 Å². The topological polar surface area (TPSA) is 286 Å². The normalized spacial score (nSPS) is 13.9. The molecule has 7 aromatic rings. The standard InChI is InChI=1S/C17H12ClF2N5O3.C11H6ClF2N3O2.C6H8N2O2.C5H6ClN3O2.C5H11NO.CH2Cl2/c1-2-25-12(3-4-23-25)16(26)24-15-8-21-11(7-22-15)9-5-13-14(6-10(9)18)28-17(19,20)27-13;12-6-2-9-8(18-11(13,14)19-9)1-5(6)7-3-17-10(15)4-16-7;1-2-8-5(6(9)10)3-4-7-8;1-10-4-7-3(6)8-5(9-4)11-2;1-6-2-4-7-5-3-6;2-1-3/h3-8H,2H2,1H3,(H,22,24,26);1-4H,(H2,15,17);3-4H,2H2,1H3,(H,9,10);1-2H3;2-5H2,1H3;1H2. The number of halogens is 9. The Morgan fingerprint density at radius 3 is 1.54 bits per heavy atom. The van der Waals surface area contributed by atoms with Crippen molar-refractivity contribution in [2.24, 2.45) is 0 Å². The van der Waals surface area contributed by atoms with Gasteiger partial charge in [0, 0.05) is 61.8 Å². The average molecular weight is 1200 g/mol. The first-order chi connectivity index (χ1) is 37.1. The summed E-state index contributed by atoms with van der Waals surface area (Å²) in [5.74, 6) is -1.41. The van der Waals surface area contributed by atoms with Crippen LogP contribution in [0.1, 0.15) is 34.8 Å². The van der Waals surface area contributed by atoms with Crippen LogP contribution < -0.4 is 39.5 Å². The Hall–Kier alpha value is -7.34. The summed E-state index contributed by atoms with van der Waals surface area (Å²) in [5.41, 5.74) is 7.46. The van der Waals surface area contributed by atoms with Crippen molar-refractivity contribution in [3.63, 3.8) is 0 Å². The van der Waals surface area contributed by atoms with Crippen LogP contribution in [-0.2, 0) is 17.8 Å². The van der Waals surface area contributed by atoms with E-state index in [4.69, 9.17) is 83.1 Å². The van der Waals surface area contributed by atoms with Gasteiger partial charge in [0.25, 0.3) is 5.91 Å². The number of amides is 1. The number of anilines is 2. The Morgan fingerprint density at radius 1 is 0.705 bits per heavy atom. The third kappa shape index (κ3) is 17.9. The first kappa shape index (κ1) is 61.5. The molecule has 0 saturated carbocycles. The lowest BCUT2D eigenvalue weighted by Crippen LogP contribution is -2.32. The number of likely N-dealkylation sites (N-methyl/N-ethyl adjacent to an activating group) is 1.